The van der Waals surface area contributed by atoms with E-state index in [-0.39, 0.29) is 17.7 Å². The van der Waals surface area contributed by atoms with E-state index < -0.39 is 5.91 Å². The van der Waals surface area contributed by atoms with Gasteiger partial charge in [-0.3, -0.25) is 9.78 Å². The molecule has 5 nitrogen and oxygen atoms in total. The molecule has 1 saturated carbocycles. The molecule has 0 spiro atoms. The number of carbonyl (C=O) groups excluding carboxylic acids is 1. The van der Waals surface area contributed by atoms with Crippen molar-refractivity contribution >= 4 is 11.6 Å². The molecule has 1 heterocycles. The molecule has 0 saturated heterocycles. The van der Waals surface area contributed by atoms with E-state index in [9.17, 15) is 9.90 Å². The zero-order chi connectivity index (χ0) is 13.0. The molecule has 0 bridgehead atoms. The molecule has 1 aromatic heterocycles. The standard InChI is InChI=1S/C13H19N3O2/c14-13(18)11-7-10(5-6-15-11)16-8-9-3-1-2-4-12(9)17/h5-7,9,12,17H,1-4,8H2,(H2,14,18)(H,15,16). The largest absolute Gasteiger partial charge is 0.393 e. The van der Waals surface area contributed by atoms with Crippen LogP contribution in [0.2, 0.25) is 0 Å². The third kappa shape index (κ3) is 3.20. The fourth-order valence-corrected chi connectivity index (χ4v) is 2.35. The Morgan fingerprint density at radius 3 is 3.00 bits per heavy atom. The second-order valence-electron chi connectivity index (χ2n) is 4.79. The van der Waals surface area contributed by atoms with Gasteiger partial charge in [0.25, 0.3) is 5.91 Å². The second kappa shape index (κ2) is 5.82. The van der Waals surface area contributed by atoms with Crippen LogP contribution in [0.3, 0.4) is 0 Å². The van der Waals surface area contributed by atoms with Crippen molar-refractivity contribution in [1.82, 2.24) is 4.98 Å². The van der Waals surface area contributed by atoms with Crippen molar-refractivity contribution in [2.24, 2.45) is 11.7 Å². The monoisotopic (exact) mass is 249 g/mol. The van der Waals surface area contributed by atoms with Gasteiger partial charge in [-0.15, -0.1) is 0 Å². The maximum atomic E-state index is 11.0. The van der Waals surface area contributed by atoms with Crippen molar-refractivity contribution in [3.63, 3.8) is 0 Å². The number of pyridine rings is 1. The summed E-state index contributed by atoms with van der Waals surface area (Å²) < 4.78 is 0. The first-order valence-corrected chi connectivity index (χ1v) is 6.34. The number of amides is 1. The number of primary amides is 1. The molecular formula is C13H19N3O2. The summed E-state index contributed by atoms with van der Waals surface area (Å²) in [4.78, 5) is 14.9. The lowest BCUT2D eigenvalue weighted by Crippen LogP contribution is -2.30. The summed E-state index contributed by atoms with van der Waals surface area (Å²) in [6.45, 7) is 0.712. The highest BCUT2D eigenvalue weighted by atomic mass is 16.3. The van der Waals surface area contributed by atoms with Crippen LogP contribution in [0.1, 0.15) is 36.2 Å². The first kappa shape index (κ1) is 12.8. The molecule has 1 aliphatic carbocycles. The van der Waals surface area contributed by atoms with Gasteiger partial charge in [-0.05, 0) is 25.0 Å². The molecule has 0 aliphatic heterocycles. The number of hydrogen-bond acceptors (Lipinski definition) is 4. The average molecular weight is 249 g/mol. The van der Waals surface area contributed by atoms with Gasteiger partial charge in [0.15, 0.2) is 0 Å². The maximum Gasteiger partial charge on any atom is 0.267 e. The van der Waals surface area contributed by atoms with E-state index in [1.807, 2.05) is 0 Å². The molecule has 4 N–H and O–H groups in total. The third-order valence-electron chi connectivity index (χ3n) is 3.45. The minimum absolute atomic E-state index is 0.219. The first-order chi connectivity index (χ1) is 8.66. The summed E-state index contributed by atoms with van der Waals surface area (Å²) in [5, 5.41) is 13.1. The Morgan fingerprint density at radius 1 is 1.50 bits per heavy atom. The van der Waals surface area contributed by atoms with Crippen LogP contribution < -0.4 is 11.1 Å². The summed E-state index contributed by atoms with van der Waals surface area (Å²) in [6, 6.07) is 3.43. The predicted molar refractivity (Wildman–Crippen MR) is 69.2 cm³/mol. The molecule has 1 fully saturated rings. The number of hydrogen-bond donors (Lipinski definition) is 3. The minimum Gasteiger partial charge on any atom is -0.393 e. The van der Waals surface area contributed by atoms with Crippen LogP contribution in [0.4, 0.5) is 5.69 Å². The topological polar surface area (TPSA) is 88.2 Å². The lowest BCUT2D eigenvalue weighted by Gasteiger charge is -2.27. The van der Waals surface area contributed by atoms with E-state index in [0.717, 1.165) is 24.9 Å². The molecule has 0 aromatic carbocycles. The molecule has 98 valence electrons. The summed E-state index contributed by atoms with van der Waals surface area (Å²) in [5.74, 6) is -0.250. The molecule has 0 radical (unpaired) electrons. The fraction of sp³-hybridized carbons (Fsp3) is 0.538. The van der Waals surface area contributed by atoms with Crippen LogP contribution in [0.25, 0.3) is 0 Å². The van der Waals surface area contributed by atoms with E-state index in [0.29, 0.717) is 6.54 Å². The van der Waals surface area contributed by atoms with E-state index in [1.54, 1.807) is 18.3 Å². The quantitative estimate of drug-likeness (QED) is 0.746. The minimum atomic E-state index is -0.531. The van der Waals surface area contributed by atoms with Crippen molar-refractivity contribution in [2.45, 2.75) is 31.8 Å². The van der Waals surface area contributed by atoms with E-state index >= 15 is 0 Å². The molecule has 2 rings (SSSR count). The number of aliphatic hydroxyl groups is 1. The van der Waals surface area contributed by atoms with E-state index in [4.69, 9.17) is 5.73 Å². The lowest BCUT2D eigenvalue weighted by molar-refractivity contribution is 0.0763. The van der Waals surface area contributed by atoms with Crippen LogP contribution in [-0.2, 0) is 0 Å². The molecule has 18 heavy (non-hydrogen) atoms. The smallest absolute Gasteiger partial charge is 0.267 e. The molecular weight excluding hydrogens is 230 g/mol. The van der Waals surface area contributed by atoms with Crippen LogP contribution in [-0.4, -0.2) is 28.6 Å². The SMILES string of the molecule is NC(=O)c1cc(NCC2CCCCC2O)ccn1. The number of nitrogens with zero attached hydrogens (tertiary/aromatic N) is 1. The summed E-state index contributed by atoms with van der Waals surface area (Å²) >= 11 is 0. The Balaban J connectivity index is 1.93. The zero-order valence-corrected chi connectivity index (χ0v) is 10.3. The van der Waals surface area contributed by atoms with Gasteiger partial charge in [0.05, 0.1) is 6.10 Å². The Bertz CT molecular complexity index is 422. The van der Waals surface area contributed by atoms with Crippen LogP contribution in [0, 0.1) is 5.92 Å². The van der Waals surface area contributed by atoms with Crippen molar-refractivity contribution in [2.75, 3.05) is 11.9 Å². The van der Waals surface area contributed by atoms with Gasteiger partial charge in [0, 0.05) is 24.3 Å². The Labute approximate surface area is 106 Å². The Morgan fingerprint density at radius 2 is 2.28 bits per heavy atom. The van der Waals surface area contributed by atoms with E-state index in [1.165, 1.54) is 6.42 Å². The van der Waals surface area contributed by atoms with Crippen LogP contribution in [0.5, 0.6) is 0 Å². The van der Waals surface area contributed by atoms with Crippen LogP contribution >= 0.6 is 0 Å². The van der Waals surface area contributed by atoms with Crippen molar-refractivity contribution in [1.29, 1.82) is 0 Å². The number of anilines is 1. The van der Waals surface area contributed by atoms with Crippen LogP contribution in [0.15, 0.2) is 18.3 Å². The number of aromatic nitrogens is 1. The molecule has 1 amide bonds. The molecule has 1 aliphatic rings. The molecule has 2 unspecified atom stereocenters. The predicted octanol–water partition coefficient (Wildman–Crippen LogP) is 1.14. The van der Waals surface area contributed by atoms with Gasteiger partial charge in [-0.2, -0.15) is 0 Å². The number of carbonyl (C=O) groups is 1. The number of nitrogens with two attached hydrogens (primary N) is 1. The summed E-state index contributed by atoms with van der Waals surface area (Å²) in [5.41, 5.74) is 6.24. The molecule has 2 atom stereocenters. The Kier molecular flexibility index (Phi) is 4.15. The summed E-state index contributed by atoms with van der Waals surface area (Å²) in [6.07, 6.45) is 5.55. The third-order valence-corrected chi connectivity index (χ3v) is 3.45. The fourth-order valence-electron chi connectivity index (χ4n) is 2.35. The van der Waals surface area contributed by atoms with Gasteiger partial charge < -0.3 is 16.2 Å². The lowest BCUT2D eigenvalue weighted by atomic mass is 9.86. The normalized spacial score (nSPS) is 23.6. The van der Waals surface area contributed by atoms with Crippen molar-refractivity contribution in [3.05, 3.63) is 24.0 Å². The van der Waals surface area contributed by atoms with Crippen molar-refractivity contribution < 1.29 is 9.90 Å². The van der Waals surface area contributed by atoms with Gasteiger partial charge >= 0.3 is 0 Å². The van der Waals surface area contributed by atoms with Gasteiger partial charge in [0.2, 0.25) is 0 Å². The van der Waals surface area contributed by atoms with Crippen molar-refractivity contribution in [3.8, 4) is 0 Å². The number of nitrogens with one attached hydrogen (secondary N) is 1. The average Bonchev–Trinajstić information content (AvgIpc) is 2.38. The first-order valence-electron chi connectivity index (χ1n) is 6.34. The molecule has 1 aromatic rings. The van der Waals surface area contributed by atoms with Gasteiger partial charge in [-0.25, -0.2) is 0 Å². The second-order valence-corrected chi connectivity index (χ2v) is 4.79. The van der Waals surface area contributed by atoms with Gasteiger partial charge in [0.1, 0.15) is 5.69 Å². The Hall–Kier alpha value is -1.62. The number of rotatable bonds is 4. The maximum absolute atomic E-state index is 11.0. The number of aliphatic hydroxyl groups excluding tert-OH is 1. The van der Waals surface area contributed by atoms with Gasteiger partial charge in [-0.1, -0.05) is 12.8 Å². The summed E-state index contributed by atoms with van der Waals surface area (Å²) in [7, 11) is 0. The molecule has 5 heteroatoms. The highest BCUT2D eigenvalue weighted by molar-refractivity contribution is 5.91. The van der Waals surface area contributed by atoms with E-state index in [2.05, 4.69) is 10.3 Å². The highest BCUT2D eigenvalue weighted by Crippen LogP contribution is 2.24. The zero-order valence-electron chi connectivity index (χ0n) is 10.3. The highest BCUT2D eigenvalue weighted by Gasteiger charge is 2.22.